The lowest BCUT2D eigenvalue weighted by molar-refractivity contribution is -0.121. The van der Waals surface area contributed by atoms with E-state index in [9.17, 15) is 9.18 Å². The molecule has 0 bridgehead atoms. The van der Waals surface area contributed by atoms with Crippen LogP contribution >= 0.6 is 0 Å². The van der Waals surface area contributed by atoms with Gasteiger partial charge in [-0.15, -0.1) is 0 Å². The van der Waals surface area contributed by atoms with Crippen molar-refractivity contribution in [1.29, 1.82) is 0 Å². The number of hydrogen-bond acceptors (Lipinski definition) is 2. The van der Waals surface area contributed by atoms with E-state index in [0.717, 1.165) is 12.8 Å². The Bertz CT molecular complexity index is 377. The van der Waals surface area contributed by atoms with Gasteiger partial charge in [-0.2, -0.15) is 5.10 Å². The maximum Gasteiger partial charge on any atom is 0.240 e. The van der Waals surface area contributed by atoms with Crippen LogP contribution in [0.2, 0.25) is 0 Å². The summed E-state index contributed by atoms with van der Waals surface area (Å²) >= 11 is 0. The highest BCUT2D eigenvalue weighted by atomic mass is 19.1. The SMILES string of the molecule is CCCCC(=O)N/N=C/c1ccccc1F. The molecule has 1 amide bonds. The summed E-state index contributed by atoms with van der Waals surface area (Å²) in [5.74, 6) is -0.497. The predicted octanol–water partition coefficient (Wildman–Crippen LogP) is 2.47. The molecule has 1 aromatic carbocycles. The maximum atomic E-state index is 13.1. The van der Waals surface area contributed by atoms with Gasteiger partial charge in [0.2, 0.25) is 5.91 Å². The second-order valence-corrected chi connectivity index (χ2v) is 3.42. The molecule has 1 aromatic rings. The molecule has 0 radical (unpaired) electrons. The van der Waals surface area contributed by atoms with E-state index in [1.165, 1.54) is 12.3 Å². The van der Waals surface area contributed by atoms with Crippen LogP contribution in [0.15, 0.2) is 29.4 Å². The molecule has 0 fully saturated rings. The minimum absolute atomic E-state index is 0.144. The first-order valence-electron chi connectivity index (χ1n) is 5.30. The van der Waals surface area contributed by atoms with Gasteiger partial charge in [-0.1, -0.05) is 31.5 Å². The number of benzene rings is 1. The molecule has 16 heavy (non-hydrogen) atoms. The summed E-state index contributed by atoms with van der Waals surface area (Å²) in [5.41, 5.74) is 2.72. The highest BCUT2D eigenvalue weighted by Gasteiger charge is 1.98. The van der Waals surface area contributed by atoms with Gasteiger partial charge in [-0.05, 0) is 12.5 Å². The molecule has 86 valence electrons. The first-order chi connectivity index (χ1) is 7.74. The van der Waals surface area contributed by atoms with Gasteiger partial charge >= 0.3 is 0 Å². The van der Waals surface area contributed by atoms with E-state index in [0.29, 0.717) is 12.0 Å². The Morgan fingerprint density at radius 3 is 2.94 bits per heavy atom. The molecule has 0 saturated heterocycles. The highest BCUT2D eigenvalue weighted by Crippen LogP contribution is 2.02. The van der Waals surface area contributed by atoms with Crippen LogP contribution in [0.1, 0.15) is 31.7 Å². The van der Waals surface area contributed by atoms with Crippen LogP contribution < -0.4 is 5.43 Å². The third-order valence-electron chi connectivity index (χ3n) is 2.06. The number of amides is 1. The second kappa shape index (κ2) is 6.71. The molecular formula is C12H15FN2O. The highest BCUT2D eigenvalue weighted by molar-refractivity contribution is 5.82. The first-order valence-corrected chi connectivity index (χ1v) is 5.30. The second-order valence-electron chi connectivity index (χ2n) is 3.42. The minimum Gasteiger partial charge on any atom is -0.273 e. The molecule has 0 atom stereocenters. The number of carbonyl (C=O) groups excluding carboxylic acids is 1. The quantitative estimate of drug-likeness (QED) is 0.603. The van der Waals surface area contributed by atoms with Gasteiger partial charge in [0, 0.05) is 12.0 Å². The molecule has 0 spiro atoms. The summed E-state index contributed by atoms with van der Waals surface area (Å²) in [4.78, 5) is 11.2. The monoisotopic (exact) mass is 222 g/mol. The van der Waals surface area contributed by atoms with Crippen LogP contribution in [-0.4, -0.2) is 12.1 Å². The first kappa shape index (κ1) is 12.4. The maximum absolute atomic E-state index is 13.1. The molecule has 4 heteroatoms. The molecule has 0 aliphatic rings. The zero-order valence-corrected chi connectivity index (χ0v) is 9.24. The fourth-order valence-corrected chi connectivity index (χ4v) is 1.15. The zero-order valence-electron chi connectivity index (χ0n) is 9.24. The molecule has 3 nitrogen and oxygen atoms in total. The third kappa shape index (κ3) is 4.21. The van der Waals surface area contributed by atoms with Gasteiger partial charge in [0.25, 0.3) is 0 Å². The van der Waals surface area contributed by atoms with Crippen molar-refractivity contribution in [2.45, 2.75) is 26.2 Å². The summed E-state index contributed by atoms with van der Waals surface area (Å²) < 4.78 is 13.1. The van der Waals surface area contributed by atoms with Crippen molar-refractivity contribution < 1.29 is 9.18 Å². The van der Waals surface area contributed by atoms with Crippen molar-refractivity contribution in [3.63, 3.8) is 0 Å². The number of rotatable bonds is 5. The molecule has 1 N–H and O–H groups in total. The molecule has 0 heterocycles. The Morgan fingerprint density at radius 1 is 1.50 bits per heavy atom. The number of hydrazone groups is 1. The number of halogens is 1. The smallest absolute Gasteiger partial charge is 0.240 e. The standard InChI is InChI=1S/C12H15FN2O/c1-2-3-8-12(16)15-14-9-10-6-4-5-7-11(10)13/h4-7,9H,2-3,8H2,1H3,(H,15,16)/b14-9+. The van der Waals surface area contributed by atoms with E-state index in [1.807, 2.05) is 6.92 Å². The summed E-state index contributed by atoms with van der Waals surface area (Å²) in [6.07, 6.45) is 3.55. The van der Waals surface area contributed by atoms with Crippen molar-refractivity contribution in [1.82, 2.24) is 5.43 Å². The summed E-state index contributed by atoms with van der Waals surface area (Å²) in [5, 5.41) is 3.69. The lowest BCUT2D eigenvalue weighted by Gasteiger charge is -1.98. The Labute approximate surface area is 94.4 Å². The van der Waals surface area contributed by atoms with Crippen LogP contribution in [0.25, 0.3) is 0 Å². The molecule has 0 aliphatic carbocycles. The van der Waals surface area contributed by atoms with E-state index in [2.05, 4.69) is 10.5 Å². The molecule has 0 aliphatic heterocycles. The summed E-state index contributed by atoms with van der Waals surface area (Å²) in [7, 11) is 0. The van der Waals surface area contributed by atoms with Crippen LogP contribution in [0.5, 0.6) is 0 Å². The van der Waals surface area contributed by atoms with E-state index < -0.39 is 0 Å². The predicted molar refractivity (Wildman–Crippen MR) is 61.7 cm³/mol. The summed E-state index contributed by atoms with van der Waals surface area (Å²) in [6, 6.07) is 6.26. The van der Waals surface area contributed by atoms with E-state index in [1.54, 1.807) is 18.2 Å². The Hall–Kier alpha value is -1.71. The van der Waals surface area contributed by atoms with Gasteiger partial charge in [-0.3, -0.25) is 4.79 Å². The zero-order chi connectivity index (χ0) is 11.8. The molecule has 1 rings (SSSR count). The van der Waals surface area contributed by atoms with Gasteiger partial charge < -0.3 is 0 Å². The lowest BCUT2D eigenvalue weighted by atomic mass is 10.2. The third-order valence-corrected chi connectivity index (χ3v) is 2.06. The number of nitrogens with one attached hydrogen (secondary N) is 1. The van der Waals surface area contributed by atoms with Crippen LogP contribution in [0, 0.1) is 5.82 Å². The fourth-order valence-electron chi connectivity index (χ4n) is 1.15. The molecule has 0 saturated carbocycles. The molecule has 0 aromatic heterocycles. The van der Waals surface area contributed by atoms with Crippen molar-refractivity contribution in [2.24, 2.45) is 5.10 Å². The largest absolute Gasteiger partial charge is 0.273 e. The van der Waals surface area contributed by atoms with Gasteiger partial charge in [-0.25, -0.2) is 9.82 Å². The Kier molecular flexibility index (Phi) is 5.19. The van der Waals surface area contributed by atoms with Crippen molar-refractivity contribution >= 4 is 12.1 Å². The Morgan fingerprint density at radius 2 is 2.25 bits per heavy atom. The van der Waals surface area contributed by atoms with Crippen molar-refractivity contribution in [3.05, 3.63) is 35.6 Å². The van der Waals surface area contributed by atoms with Gasteiger partial charge in [0.15, 0.2) is 0 Å². The number of unbranched alkanes of at least 4 members (excludes halogenated alkanes) is 1. The lowest BCUT2D eigenvalue weighted by Crippen LogP contribution is -2.16. The topological polar surface area (TPSA) is 41.5 Å². The number of carbonyl (C=O) groups is 1. The van der Waals surface area contributed by atoms with E-state index in [4.69, 9.17) is 0 Å². The molecular weight excluding hydrogens is 207 g/mol. The van der Waals surface area contributed by atoms with Crippen LogP contribution in [0.3, 0.4) is 0 Å². The minimum atomic E-state index is -0.353. The van der Waals surface area contributed by atoms with Crippen LogP contribution in [0.4, 0.5) is 4.39 Å². The van der Waals surface area contributed by atoms with E-state index in [-0.39, 0.29) is 11.7 Å². The van der Waals surface area contributed by atoms with Gasteiger partial charge in [0.05, 0.1) is 6.21 Å². The molecule has 0 unspecified atom stereocenters. The number of hydrogen-bond donors (Lipinski definition) is 1. The van der Waals surface area contributed by atoms with Crippen LogP contribution in [-0.2, 0) is 4.79 Å². The average Bonchev–Trinajstić information content (AvgIpc) is 2.29. The summed E-state index contributed by atoms with van der Waals surface area (Å²) in [6.45, 7) is 2.01. The fraction of sp³-hybridized carbons (Fsp3) is 0.333. The van der Waals surface area contributed by atoms with Crippen molar-refractivity contribution in [3.8, 4) is 0 Å². The van der Waals surface area contributed by atoms with Crippen molar-refractivity contribution in [2.75, 3.05) is 0 Å². The van der Waals surface area contributed by atoms with Gasteiger partial charge in [0.1, 0.15) is 5.82 Å². The normalized spacial score (nSPS) is 10.6. The van der Waals surface area contributed by atoms with E-state index >= 15 is 0 Å². The average molecular weight is 222 g/mol. The number of nitrogens with zero attached hydrogens (tertiary/aromatic N) is 1. The Balaban J connectivity index is 2.43.